The van der Waals surface area contributed by atoms with Gasteiger partial charge in [-0.1, -0.05) is 29.8 Å². The number of nitrogens with zero attached hydrogens (tertiary/aromatic N) is 1. The van der Waals surface area contributed by atoms with Gasteiger partial charge in [-0.3, -0.25) is 4.90 Å². The first-order chi connectivity index (χ1) is 11.7. The zero-order chi connectivity index (χ0) is 16.9. The summed E-state index contributed by atoms with van der Waals surface area (Å²) in [5.41, 5.74) is 2.19. The van der Waals surface area contributed by atoms with Crippen LogP contribution in [-0.4, -0.2) is 45.3 Å². The highest BCUT2D eigenvalue weighted by Gasteiger charge is 2.28. The highest BCUT2D eigenvalue weighted by atomic mass is 35.5. The van der Waals surface area contributed by atoms with Crippen LogP contribution in [0.2, 0.25) is 5.02 Å². The predicted molar refractivity (Wildman–Crippen MR) is 97.3 cm³/mol. The molecule has 0 saturated carbocycles. The number of nitrogens with one attached hydrogen (secondary N) is 1. The molecule has 2 aromatic carbocycles. The third-order valence-electron chi connectivity index (χ3n) is 4.44. The fraction of sp³-hybridized carbons (Fsp3) is 0.368. The van der Waals surface area contributed by atoms with E-state index in [1.54, 1.807) is 14.2 Å². The molecule has 0 aliphatic carbocycles. The van der Waals surface area contributed by atoms with Crippen LogP contribution in [0.1, 0.15) is 17.2 Å². The lowest BCUT2D eigenvalue weighted by molar-refractivity contribution is 0.192. The van der Waals surface area contributed by atoms with Gasteiger partial charge in [0.25, 0.3) is 0 Å². The van der Waals surface area contributed by atoms with Crippen LogP contribution in [0, 0.1) is 0 Å². The van der Waals surface area contributed by atoms with Crippen LogP contribution in [0.3, 0.4) is 0 Å². The van der Waals surface area contributed by atoms with Gasteiger partial charge in [-0.2, -0.15) is 0 Å². The lowest BCUT2D eigenvalue weighted by atomic mass is 9.94. The summed E-state index contributed by atoms with van der Waals surface area (Å²) in [5, 5.41) is 4.12. The van der Waals surface area contributed by atoms with Crippen molar-refractivity contribution in [3.63, 3.8) is 0 Å². The Labute approximate surface area is 148 Å². The summed E-state index contributed by atoms with van der Waals surface area (Å²) < 4.78 is 11.3. The van der Waals surface area contributed by atoms with Crippen LogP contribution in [0.4, 0.5) is 0 Å². The van der Waals surface area contributed by atoms with Gasteiger partial charge in [-0.15, -0.1) is 0 Å². The number of ether oxygens (including phenoxy) is 2. The Morgan fingerprint density at radius 2 is 1.62 bits per heavy atom. The first-order valence-corrected chi connectivity index (χ1v) is 8.53. The first-order valence-electron chi connectivity index (χ1n) is 8.15. The van der Waals surface area contributed by atoms with E-state index in [0.717, 1.165) is 48.8 Å². The average Bonchev–Trinajstić information content (AvgIpc) is 2.63. The standard InChI is InChI=1S/C19H23ClN2O2/c1-23-17-6-4-3-5-15(17)19(22-11-9-21-10-12-22)16-13-14(20)7-8-18(16)24-2/h3-8,13,19,21H,9-12H2,1-2H3. The van der Waals surface area contributed by atoms with Crippen molar-refractivity contribution in [3.05, 3.63) is 58.6 Å². The summed E-state index contributed by atoms with van der Waals surface area (Å²) >= 11 is 6.30. The van der Waals surface area contributed by atoms with Crippen molar-refractivity contribution in [1.82, 2.24) is 10.2 Å². The van der Waals surface area contributed by atoms with Gasteiger partial charge in [-0.05, 0) is 24.3 Å². The molecule has 1 heterocycles. The Morgan fingerprint density at radius 1 is 0.958 bits per heavy atom. The molecule has 5 heteroatoms. The van der Waals surface area contributed by atoms with E-state index in [1.807, 2.05) is 36.4 Å². The molecule has 24 heavy (non-hydrogen) atoms. The van der Waals surface area contributed by atoms with Gasteiger partial charge in [0, 0.05) is 42.3 Å². The molecule has 128 valence electrons. The minimum Gasteiger partial charge on any atom is -0.496 e. The van der Waals surface area contributed by atoms with E-state index < -0.39 is 0 Å². The zero-order valence-electron chi connectivity index (χ0n) is 14.1. The highest BCUT2D eigenvalue weighted by Crippen LogP contribution is 2.39. The van der Waals surface area contributed by atoms with Crippen molar-refractivity contribution in [3.8, 4) is 11.5 Å². The van der Waals surface area contributed by atoms with Crippen molar-refractivity contribution in [2.24, 2.45) is 0 Å². The van der Waals surface area contributed by atoms with Gasteiger partial charge in [0.05, 0.1) is 20.3 Å². The predicted octanol–water partition coefficient (Wildman–Crippen LogP) is 3.35. The molecule has 0 bridgehead atoms. The molecule has 0 amide bonds. The number of hydrogen-bond acceptors (Lipinski definition) is 4. The molecular weight excluding hydrogens is 324 g/mol. The summed E-state index contributed by atoms with van der Waals surface area (Å²) in [6.45, 7) is 3.85. The number of rotatable bonds is 5. The molecule has 0 aromatic heterocycles. The Balaban J connectivity index is 2.13. The van der Waals surface area contributed by atoms with Gasteiger partial charge in [0.1, 0.15) is 11.5 Å². The second-order valence-electron chi connectivity index (χ2n) is 5.82. The van der Waals surface area contributed by atoms with E-state index in [-0.39, 0.29) is 6.04 Å². The number of benzene rings is 2. The average molecular weight is 347 g/mol. The van der Waals surface area contributed by atoms with Gasteiger partial charge in [0.2, 0.25) is 0 Å². The van der Waals surface area contributed by atoms with Crippen molar-refractivity contribution in [1.29, 1.82) is 0 Å². The van der Waals surface area contributed by atoms with E-state index in [4.69, 9.17) is 21.1 Å². The maximum Gasteiger partial charge on any atom is 0.124 e. The number of methoxy groups -OCH3 is 2. The molecule has 1 unspecified atom stereocenters. The molecule has 1 aliphatic heterocycles. The van der Waals surface area contributed by atoms with Crippen LogP contribution in [0.5, 0.6) is 11.5 Å². The minimum atomic E-state index is 0.0388. The van der Waals surface area contributed by atoms with Crippen LogP contribution < -0.4 is 14.8 Å². The van der Waals surface area contributed by atoms with Gasteiger partial charge >= 0.3 is 0 Å². The second kappa shape index (κ2) is 7.88. The normalized spacial score (nSPS) is 16.6. The number of hydrogen-bond donors (Lipinski definition) is 1. The van der Waals surface area contributed by atoms with E-state index in [1.165, 1.54) is 0 Å². The van der Waals surface area contributed by atoms with Gasteiger partial charge < -0.3 is 14.8 Å². The van der Waals surface area contributed by atoms with Crippen LogP contribution in [0.25, 0.3) is 0 Å². The van der Waals surface area contributed by atoms with Gasteiger partial charge in [0.15, 0.2) is 0 Å². The molecule has 1 fully saturated rings. The van der Waals surface area contributed by atoms with E-state index >= 15 is 0 Å². The largest absolute Gasteiger partial charge is 0.496 e. The van der Waals surface area contributed by atoms with Crippen molar-refractivity contribution < 1.29 is 9.47 Å². The molecule has 4 nitrogen and oxygen atoms in total. The quantitative estimate of drug-likeness (QED) is 0.900. The summed E-state index contributed by atoms with van der Waals surface area (Å²) in [6, 6.07) is 14.0. The zero-order valence-corrected chi connectivity index (χ0v) is 14.8. The number of para-hydroxylation sites is 1. The number of halogens is 1. The Kier molecular flexibility index (Phi) is 5.61. The monoisotopic (exact) mass is 346 g/mol. The highest BCUT2D eigenvalue weighted by molar-refractivity contribution is 6.30. The Hall–Kier alpha value is -1.75. The number of piperazine rings is 1. The molecule has 0 radical (unpaired) electrons. The molecule has 0 spiro atoms. The maximum absolute atomic E-state index is 6.30. The summed E-state index contributed by atoms with van der Waals surface area (Å²) in [6.07, 6.45) is 0. The molecule has 1 aliphatic rings. The molecule has 2 aromatic rings. The van der Waals surface area contributed by atoms with Crippen LogP contribution >= 0.6 is 11.6 Å². The summed E-state index contributed by atoms with van der Waals surface area (Å²) in [4.78, 5) is 2.45. The Bertz CT molecular complexity index is 687. The van der Waals surface area contributed by atoms with E-state index in [9.17, 15) is 0 Å². The maximum atomic E-state index is 6.30. The summed E-state index contributed by atoms with van der Waals surface area (Å²) in [5.74, 6) is 1.72. The molecule has 1 atom stereocenters. The summed E-state index contributed by atoms with van der Waals surface area (Å²) in [7, 11) is 3.41. The smallest absolute Gasteiger partial charge is 0.124 e. The van der Waals surface area contributed by atoms with Crippen LogP contribution in [-0.2, 0) is 0 Å². The SMILES string of the molecule is COc1ccccc1C(c1cc(Cl)ccc1OC)N1CCNCC1. The second-order valence-corrected chi connectivity index (χ2v) is 6.25. The third-order valence-corrected chi connectivity index (χ3v) is 4.67. The van der Waals surface area contributed by atoms with Gasteiger partial charge in [-0.25, -0.2) is 0 Å². The minimum absolute atomic E-state index is 0.0388. The molecule has 3 rings (SSSR count). The topological polar surface area (TPSA) is 33.7 Å². The van der Waals surface area contributed by atoms with Crippen molar-refractivity contribution in [2.45, 2.75) is 6.04 Å². The molecule has 1 saturated heterocycles. The molecule has 1 N–H and O–H groups in total. The van der Waals surface area contributed by atoms with E-state index in [0.29, 0.717) is 5.02 Å². The molecular formula is C19H23ClN2O2. The van der Waals surface area contributed by atoms with Crippen molar-refractivity contribution >= 4 is 11.6 Å². The van der Waals surface area contributed by atoms with E-state index in [2.05, 4.69) is 16.3 Å². The van der Waals surface area contributed by atoms with Crippen molar-refractivity contribution in [2.75, 3.05) is 40.4 Å². The lowest BCUT2D eigenvalue weighted by Crippen LogP contribution is -2.45. The lowest BCUT2D eigenvalue weighted by Gasteiger charge is -2.36. The Morgan fingerprint density at radius 3 is 2.33 bits per heavy atom. The van der Waals surface area contributed by atoms with Crippen LogP contribution in [0.15, 0.2) is 42.5 Å². The fourth-order valence-corrected chi connectivity index (χ4v) is 3.49. The fourth-order valence-electron chi connectivity index (χ4n) is 3.31. The first kappa shape index (κ1) is 17.1. The third kappa shape index (κ3) is 3.51.